The predicted octanol–water partition coefficient (Wildman–Crippen LogP) is 5.84. The van der Waals surface area contributed by atoms with Gasteiger partial charge in [0.15, 0.2) is 23.3 Å². The zero-order valence-corrected chi connectivity index (χ0v) is 18.1. The molecule has 1 aliphatic rings. The molecule has 2 nitrogen and oxygen atoms in total. The Kier molecular flexibility index (Phi) is 7.03. The van der Waals surface area contributed by atoms with Crippen molar-refractivity contribution < 1.29 is 17.6 Å². The standard InChI is InChI=1S/C21H14F4N2.C5H10/c22-18-16(11-4-6-14(26)7-5-11)19(23)21(25)17(20(18)24)13-2-1-3-15-12(10-13)8-9-27-15;1-4-5(2)3/h2-10,27H,1,26H2;4H,1-3H3. The summed E-state index contributed by atoms with van der Waals surface area (Å²) in [5.41, 5.74) is 5.92. The molecule has 6 heteroatoms. The number of anilines is 1. The van der Waals surface area contributed by atoms with E-state index in [1.54, 1.807) is 12.3 Å². The van der Waals surface area contributed by atoms with Crippen molar-refractivity contribution in [3.8, 4) is 11.1 Å². The van der Waals surface area contributed by atoms with E-state index in [0.29, 0.717) is 17.3 Å². The lowest BCUT2D eigenvalue weighted by atomic mass is 9.96. The Morgan fingerprint density at radius 3 is 2.00 bits per heavy atom. The summed E-state index contributed by atoms with van der Waals surface area (Å²) in [5.74, 6) is -5.74. The topological polar surface area (TPSA) is 41.8 Å². The van der Waals surface area contributed by atoms with Crippen LogP contribution in [0.3, 0.4) is 0 Å². The number of halogens is 4. The van der Waals surface area contributed by atoms with Crippen LogP contribution in [0.5, 0.6) is 0 Å². The first-order valence-electron chi connectivity index (χ1n) is 10.1. The average molecular weight is 440 g/mol. The summed E-state index contributed by atoms with van der Waals surface area (Å²) in [7, 11) is 0. The summed E-state index contributed by atoms with van der Waals surface area (Å²) in [6, 6.07) is 7.16. The van der Waals surface area contributed by atoms with Gasteiger partial charge < -0.3 is 10.7 Å². The van der Waals surface area contributed by atoms with E-state index in [9.17, 15) is 17.6 Å². The largest absolute Gasteiger partial charge is 0.399 e. The molecular weight excluding hydrogens is 416 g/mol. The van der Waals surface area contributed by atoms with Gasteiger partial charge in [0.05, 0.1) is 11.1 Å². The molecule has 0 spiro atoms. The van der Waals surface area contributed by atoms with Crippen molar-refractivity contribution in [2.24, 2.45) is 0 Å². The quantitative estimate of drug-likeness (QED) is 0.224. The maximum Gasteiger partial charge on any atom is 0.170 e. The van der Waals surface area contributed by atoms with Gasteiger partial charge in [-0.3, -0.25) is 0 Å². The number of nitrogen functional groups attached to an aromatic ring is 1. The van der Waals surface area contributed by atoms with Crippen LogP contribution in [0.15, 0.2) is 54.3 Å². The van der Waals surface area contributed by atoms with Crippen LogP contribution >= 0.6 is 0 Å². The summed E-state index contributed by atoms with van der Waals surface area (Å²) in [6.07, 6.45) is 8.97. The van der Waals surface area contributed by atoms with Gasteiger partial charge in [0.25, 0.3) is 0 Å². The first-order chi connectivity index (χ1) is 15.2. The summed E-state index contributed by atoms with van der Waals surface area (Å²) < 4.78 is 59.0. The van der Waals surface area contributed by atoms with Gasteiger partial charge >= 0.3 is 0 Å². The van der Waals surface area contributed by atoms with E-state index in [1.807, 2.05) is 13.0 Å². The lowest BCUT2D eigenvalue weighted by molar-refractivity contribution is 0.455. The molecule has 0 saturated carbocycles. The van der Waals surface area contributed by atoms with Crippen molar-refractivity contribution in [3.63, 3.8) is 0 Å². The molecule has 0 radical (unpaired) electrons. The fourth-order valence-corrected chi connectivity index (χ4v) is 3.19. The molecule has 0 fully saturated rings. The van der Waals surface area contributed by atoms with Crippen LogP contribution in [0.4, 0.5) is 23.2 Å². The van der Waals surface area contributed by atoms with Crippen LogP contribution in [0.25, 0.3) is 28.9 Å². The molecular formula is C26H24F4N2. The second kappa shape index (κ2) is 9.73. The van der Waals surface area contributed by atoms with Crippen molar-refractivity contribution in [2.75, 3.05) is 5.73 Å². The number of H-pyrrole nitrogens is 1. The van der Waals surface area contributed by atoms with Crippen molar-refractivity contribution >= 4 is 23.4 Å². The minimum Gasteiger partial charge on any atom is -0.399 e. The van der Waals surface area contributed by atoms with Crippen LogP contribution < -0.4 is 16.3 Å². The number of fused-ring (bicyclic) bond motifs is 1. The highest BCUT2D eigenvalue weighted by atomic mass is 19.2. The maximum atomic E-state index is 14.8. The van der Waals surface area contributed by atoms with Gasteiger partial charge in [-0.15, -0.1) is 0 Å². The van der Waals surface area contributed by atoms with Gasteiger partial charge in [0.2, 0.25) is 0 Å². The number of hydrogen-bond donors (Lipinski definition) is 2. The average Bonchev–Trinajstić information content (AvgIpc) is 3.12. The Morgan fingerprint density at radius 1 is 0.875 bits per heavy atom. The Labute approximate surface area is 184 Å². The number of aromatic amines is 1. The highest BCUT2D eigenvalue weighted by Gasteiger charge is 2.27. The van der Waals surface area contributed by atoms with E-state index in [1.165, 1.54) is 42.0 Å². The Hall–Kier alpha value is -3.54. The molecule has 0 aliphatic heterocycles. The van der Waals surface area contributed by atoms with Crippen LogP contribution in [0.1, 0.15) is 32.8 Å². The molecule has 0 saturated heterocycles. The van der Waals surface area contributed by atoms with E-state index in [4.69, 9.17) is 5.73 Å². The van der Waals surface area contributed by atoms with Crippen molar-refractivity contribution in [3.05, 3.63) is 93.7 Å². The lowest BCUT2D eigenvalue weighted by Gasteiger charge is -2.13. The second-order valence-electron chi connectivity index (χ2n) is 7.58. The number of nitrogens with two attached hydrogens (primary N) is 1. The Bertz CT molecular complexity index is 1280. The first kappa shape index (κ1) is 23.1. The van der Waals surface area contributed by atoms with E-state index < -0.39 is 34.4 Å². The molecule has 1 aliphatic carbocycles. The highest BCUT2D eigenvalue weighted by molar-refractivity contribution is 5.90. The normalized spacial score (nSPS) is 12.3. The van der Waals surface area contributed by atoms with Crippen molar-refractivity contribution in [1.29, 1.82) is 0 Å². The minimum absolute atomic E-state index is 0.00336. The maximum absolute atomic E-state index is 14.8. The van der Waals surface area contributed by atoms with Gasteiger partial charge in [0, 0.05) is 17.2 Å². The van der Waals surface area contributed by atoms with Crippen LogP contribution in [-0.4, -0.2) is 4.98 Å². The van der Waals surface area contributed by atoms with E-state index in [2.05, 4.69) is 24.9 Å². The first-order valence-corrected chi connectivity index (χ1v) is 10.1. The molecule has 32 heavy (non-hydrogen) atoms. The van der Waals surface area contributed by atoms with Crippen molar-refractivity contribution in [1.82, 2.24) is 4.98 Å². The molecule has 0 atom stereocenters. The fourth-order valence-electron chi connectivity index (χ4n) is 3.19. The molecule has 3 aromatic rings. The lowest BCUT2D eigenvalue weighted by Crippen LogP contribution is -2.21. The van der Waals surface area contributed by atoms with E-state index in [-0.39, 0.29) is 11.1 Å². The van der Waals surface area contributed by atoms with Gasteiger partial charge in [-0.05, 0) is 67.8 Å². The third-order valence-electron chi connectivity index (χ3n) is 5.11. The van der Waals surface area contributed by atoms with Crippen LogP contribution in [0, 0.1) is 23.3 Å². The summed E-state index contributed by atoms with van der Waals surface area (Å²) >= 11 is 0. The Balaban J connectivity index is 0.000000523. The fraction of sp³-hybridized carbons (Fsp3) is 0.154. The summed E-state index contributed by atoms with van der Waals surface area (Å²) in [6.45, 7) is 6.20. The third-order valence-corrected chi connectivity index (χ3v) is 5.11. The van der Waals surface area contributed by atoms with Gasteiger partial charge in [-0.25, -0.2) is 17.6 Å². The smallest absolute Gasteiger partial charge is 0.170 e. The molecule has 0 amide bonds. The zero-order chi connectivity index (χ0) is 23.4. The summed E-state index contributed by atoms with van der Waals surface area (Å²) in [4.78, 5) is 2.99. The number of rotatable bonds is 2. The predicted molar refractivity (Wildman–Crippen MR) is 123 cm³/mol. The van der Waals surface area contributed by atoms with Crippen LogP contribution in [0.2, 0.25) is 0 Å². The molecule has 0 bridgehead atoms. The van der Waals surface area contributed by atoms with Crippen LogP contribution in [-0.2, 0) is 0 Å². The number of allylic oxidation sites excluding steroid dienone is 4. The minimum atomic E-state index is -1.44. The summed E-state index contributed by atoms with van der Waals surface area (Å²) in [5, 5.41) is 1.46. The Morgan fingerprint density at radius 2 is 1.44 bits per heavy atom. The van der Waals surface area contributed by atoms with E-state index >= 15 is 0 Å². The SMILES string of the molecule is CC=C(C)C.Nc1ccc(-c2c(F)c(F)c(C3=CCC=c4[nH]ccc4=C3)c(F)c2F)cc1. The molecule has 0 unspecified atom stereocenters. The third kappa shape index (κ3) is 4.69. The van der Waals surface area contributed by atoms with Crippen molar-refractivity contribution in [2.45, 2.75) is 27.2 Å². The molecule has 1 aromatic heterocycles. The molecule has 4 rings (SSSR count). The molecule has 166 valence electrons. The van der Waals surface area contributed by atoms with Gasteiger partial charge in [-0.1, -0.05) is 35.9 Å². The van der Waals surface area contributed by atoms with E-state index in [0.717, 1.165) is 5.35 Å². The molecule has 3 N–H and O–H groups in total. The molecule has 2 aromatic carbocycles. The number of nitrogens with one attached hydrogen (secondary N) is 1. The molecule has 1 heterocycles. The number of benzene rings is 2. The van der Waals surface area contributed by atoms with Gasteiger partial charge in [-0.2, -0.15) is 0 Å². The second-order valence-corrected chi connectivity index (χ2v) is 7.58. The zero-order valence-electron chi connectivity index (χ0n) is 18.1. The highest BCUT2D eigenvalue weighted by Crippen LogP contribution is 2.35. The number of hydrogen-bond acceptors (Lipinski definition) is 1. The number of aromatic nitrogens is 1. The van der Waals surface area contributed by atoms with Gasteiger partial charge in [0.1, 0.15) is 0 Å². The monoisotopic (exact) mass is 440 g/mol.